The highest BCUT2D eigenvalue weighted by Crippen LogP contribution is 2.29. The normalized spacial score (nSPS) is 19.7. The summed E-state index contributed by atoms with van der Waals surface area (Å²) in [5.41, 5.74) is 2.61. The second-order valence-corrected chi connectivity index (χ2v) is 9.52. The minimum absolute atomic E-state index is 0.0620. The van der Waals surface area contributed by atoms with Crippen molar-refractivity contribution in [2.75, 3.05) is 26.2 Å². The summed E-state index contributed by atoms with van der Waals surface area (Å²) in [6, 6.07) is 11.3. The van der Waals surface area contributed by atoms with Crippen molar-refractivity contribution < 1.29 is 9.59 Å². The van der Waals surface area contributed by atoms with Gasteiger partial charge in [-0.3, -0.25) is 9.59 Å². The smallest absolute Gasteiger partial charge is 0.227 e. The van der Waals surface area contributed by atoms with E-state index in [-0.39, 0.29) is 17.7 Å². The van der Waals surface area contributed by atoms with Gasteiger partial charge in [-0.2, -0.15) is 0 Å². The third-order valence-corrected chi connectivity index (χ3v) is 7.07. The Morgan fingerprint density at radius 2 is 1.91 bits per heavy atom. The molecule has 4 heterocycles. The number of benzene rings is 1. The first-order valence-electron chi connectivity index (χ1n) is 11.7. The standard InChI is InChI=1S/C25H28ClN5O2/c26-20-6-1-4-17(14-20)15-22(32)31-11-3-5-19(16-31)25(33)30-12-8-18(9-13-30)23-28-21-7-2-10-27-24(21)29-23/h1-2,4,6-7,10,14,18-19H,3,5,8-9,11-13,15-16H2,(H,27,28,29). The van der Waals surface area contributed by atoms with Crippen LogP contribution in [0.1, 0.15) is 43.0 Å². The molecule has 1 N–H and O–H groups in total. The third kappa shape index (κ3) is 4.88. The Morgan fingerprint density at radius 3 is 2.70 bits per heavy atom. The minimum Gasteiger partial charge on any atom is -0.342 e. The van der Waals surface area contributed by atoms with E-state index >= 15 is 0 Å². The van der Waals surface area contributed by atoms with Gasteiger partial charge in [-0.25, -0.2) is 9.97 Å². The van der Waals surface area contributed by atoms with Crippen molar-refractivity contribution >= 4 is 34.6 Å². The van der Waals surface area contributed by atoms with Gasteiger partial charge in [-0.1, -0.05) is 23.7 Å². The van der Waals surface area contributed by atoms with E-state index in [0.29, 0.717) is 30.5 Å². The molecule has 3 aromatic rings. The van der Waals surface area contributed by atoms with Gasteiger partial charge in [0.1, 0.15) is 5.82 Å². The van der Waals surface area contributed by atoms with Crippen LogP contribution >= 0.6 is 11.6 Å². The van der Waals surface area contributed by atoms with Crippen molar-refractivity contribution in [3.05, 3.63) is 59.0 Å². The van der Waals surface area contributed by atoms with Crippen molar-refractivity contribution in [1.82, 2.24) is 24.8 Å². The van der Waals surface area contributed by atoms with Crippen LogP contribution in [-0.4, -0.2) is 62.7 Å². The highest BCUT2D eigenvalue weighted by molar-refractivity contribution is 6.30. The number of carbonyl (C=O) groups excluding carboxylic acids is 2. The zero-order chi connectivity index (χ0) is 22.8. The number of amides is 2. The molecule has 0 spiro atoms. The zero-order valence-electron chi connectivity index (χ0n) is 18.5. The fourth-order valence-corrected chi connectivity index (χ4v) is 5.24. The maximum Gasteiger partial charge on any atom is 0.227 e. The summed E-state index contributed by atoms with van der Waals surface area (Å²) in [5.74, 6) is 1.40. The van der Waals surface area contributed by atoms with Crippen molar-refractivity contribution in [1.29, 1.82) is 0 Å². The monoisotopic (exact) mass is 465 g/mol. The molecule has 8 heteroatoms. The van der Waals surface area contributed by atoms with E-state index in [1.807, 2.05) is 40.1 Å². The van der Waals surface area contributed by atoms with Gasteiger partial charge in [0, 0.05) is 43.3 Å². The molecule has 172 valence electrons. The van der Waals surface area contributed by atoms with E-state index < -0.39 is 0 Å². The summed E-state index contributed by atoms with van der Waals surface area (Å²) < 4.78 is 0. The number of aromatic nitrogens is 3. The molecular weight excluding hydrogens is 438 g/mol. The second kappa shape index (κ2) is 9.51. The molecule has 2 aliphatic heterocycles. The minimum atomic E-state index is -0.117. The summed E-state index contributed by atoms with van der Waals surface area (Å²) in [5, 5.41) is 0.634. The van der Waals surface area contributed by atoms with Gasteiger partial charge in [-0.05, 0) is 55.5 Å². The van der Waals surface area contributed by atoms with Gasteiger partial charge in [0.2, 0.25) is 11.8 Å². The van der Waals surface area contributed by atoms with Crippen LogP contribution in [0.4, 0.5) is 0 Å². The summed E-state index contributed by atoms with van der Waals surface area (Å²) in [7, 11) is 0. The summed E-state index contributed by atoms with van der Waals surface area (Å²) >= 11 is 6.05. The van der Waals surface area contributed by atoms with E-state index in [1.165, 1.54) is 0 Å². The number of imidazole rings is 1. The van der Waals surface area contributed by atoms with Crippen LogP contribution in [0.2, 0.25) is 5.02 Å². The molecule has 0 saturated carbocycles. The Morgan fingerprint density at radius 1 is 1.06 bits per heavy atom. The van der Waals surface area contributed by atoms with E-state index in [4.69, 9.17) is 11.6 Å². The van der Waals surface area contributed by atoms with E-state index in [0.717, 1.165) is 61.3 Å². The van der Waals surface area contributed by atoms with Gasteiger partial charge in [-0.15, -0.1) is 0 Å². The number of H-pyrrole nitrogens is 1. The highest BCUT2D eigenvalue weighted by atomic mass is 35.5. The Balaban J connectivity index is 1.16. The summed E-state index contributed by atoms with van der Waals surface area (Å²) in [6.45, 7) is 2.67. The van der Waals surface area contributed by atoms with E-state index in [2.05, 4.69) is 15.0 Å². The first-order valence-corrected chi connectivity index (χ1v) is 12.1. The van der Waals surface area contributed by atoms with Crippen molar-refractivity contribution in [3.8, 4) is 0 Å². The van der Waals surface area contributed by atoms with Crippen LogP contribution in [0, 0.1) is 5.92 Å². The number of rotatable bonds is 4. The molecule has 0 bridgehead atoms. The molecule has 2 aromatic heterocycles. The van der Waals surface area contributed by atoms with Gasteiger partial charge in [0.05, 0.1) is 17.9 Å². The van der Waals surface area contributed by atoms with Crippen molar-refractivity contribution in [2.24, 2.45) is 5.92 Å². The fraction of sp³-hybridized carbons (Fsp3) is 0.440. The number of piperidine rings is 2. The average molecular weight is 466 g/mol. The molecule has 0 radical (unpaired) electrons. The number of halogens is 1. The van der Waals surface area contributed by atoms with Crippen LogP contribution in [0.5, 0.6) is 0 Å². The van der Waals surface area contributed by atoms with Crippen molar-refractivity contribution in [3.63, 3.8) is 0 Å². The molecule has 7 nitrogen and oxygen atoms in total. The molecule has 1 unspecified atom stereocenters. The fourth-order valence-electron chi connectivity index (χ4n) is 5.03. The maximum absolute atomic E-state index is 13.2. The summed E-state index contributed by atoms with van der Waals surface area (Å²) in [6.07, 6.45) is 5.54. The molecule has 2 fully saturated rings. The molecule has 0 aliphatic carbocycles. The number of hydrogen-bond acceptors (Lipinski definition) is 4. The Kier molecular flexibility index (Phi) is 6.31. The Labute approximate surface area is 198 Å². The molecule has 1 aromatic carbocycles. The number of aromatic amines is 1. The number of hydrogen-bond donors (Lipinski definition) is 1. The number of likely N-dealkylation sites (tertiary alicyclic amines) is 2. The molecule has 2 aliphatic rings. The zero-order valence-corrected chi connectivity index (χ0v) is 19.3. The van der Waals surface area contributed by atoms with Gasteiger partial charge >= 0.3 is 0 Å². The molecule has 5 rings (SSSR count). The topological polar surface area (TPSA) is 82.2 Å². The number of carbonyl (C=O) groups is 2. The maximum atomic E-state index is 13.2. The first-order chi connectivity index (χ1) is 16.1. The molecule has 1 atom stereocenters. The number of pyridine rings is 1. The summed E-state index contributed by atoms with van der Waals surface area (Å²) in [4.78, 5) is 42.2. The van der Waals surface area contributed by atoms with Crippen LogP contribution in [0.3, 0.4) is 0 Å². The number of fused-ring (bicyclic) bond motifs is 1. The molecular formula is C25H28ClN5O2. The Bertz CT molecular complexity index is 1120. The first kappa shape index (κ1) is 21.9. The van der Waals surface area contributed by atoms with Gasteiger partial charge in [0.15, 0.2) is 5.65 Å². The van der Waals surface area contributed by atoms with Crippen molar-refractivity contribution in [2.45, 2.75) is 38.0 Å². The van der Waals surface area contributed by atoms with Crippen LogP contribution < -0.4 is 0 Å². The highest BCUT2D eigenvalue weighted by Gasteiger charge is 2.33. The predicted molar refractivity (Wildman–Crippen MR) is 127 cm³/mol. The molecule has 33 heavy (non-hydrogen) atoms. The lowest BCUT2D eigenvalue weighted by Crippen LogP contribution is -2.48. The van der Waals surface area contributed by atoms with Crippen LogP contribution in [-0.2, 0) is 16.0 Å². The van der Waals surface area contributed by atoms with Gasteiger partial charge in [0.25, 0.3) is 0 Å². The van der Waals surface area contributed by atoms with Gasteiger partial charge < -0.3 is 14.8 Å². The lowest BCUT2D eigenvalue weighted by molar-refractivity contribution is -0.141. The van der Waals surface area contributed by atoms with Crippen LogP contribution in [0.25, 0.3) is 11.2 Å². The van der Waals surface area contributed by atoms with Crippen LogP contribution in [0.15, 0.2) is 42.6 Å². The molecule has 2 amide bonds. The lowest BCUT2D eigenvalue weighted by atomic mass is 9.92. The number of nitrogens with one attached hydrogen (secondary N) is 1. The number of nitrogens with zero attached hydrogens (tertiary/aromatic N) is 4. The average Bonchev–Trinajstić information content (AvgIpc) is 3.28. The molecule has 2 saturated heterocycles. The second-order valence-electron chi connectivity index (χ2n) is 9.08. The SMILES string of the molecule is O=C(Cc1cccc(Cl)c1)N1CCCC(C(=O)N2CCC(c3nc4ncccc4[nH]3)CC2)C1. The van der Waals surface area contributed by atoms with E-state index in [9.17, 15) is 9.59 Å². The lowest BCUT2D eigenvalue weighted by Gasteiger charge is -2.37. The van der Waals surface area contributed by atoms with E-state index in [1.54, 1.807) is 12.3 Å². The third-order valence-electron chi connectivity index (χ3n) is 6.84. The Hall–Kier alpha value is -2.93. The largest absolute Gasteiger partial charge is 0.342 e. The predicted octanol–water partition coefficient (Wildman–Crippen LogP) is 3.80. The quantitative estimate of drug-likeness (QED) is 0.635.